The molecule has 10 heterocycles. The third-order valence-corrected chi connectivity index (χ3v) is 21.0. The molecule has 0 radical (unpaired) electrons. The van der Waals surface area contributed by atoms with Crippen LogP contribution in [0.25, 0.3) is 55.6 Å². The molecule has 0 aliphatic rings. The monoisotopic (exact) mass is 1810 g/mol. The minimum atomic E-state index is -0.519. The molecule has 0 spiro atoms. The molecule has 5 amide bonds. The zero-order valence-corrected chi connectivity index (χ0v) is 74.0. The molecule has 0 atom stereocenters. The van der Waals surface area contributed by atoms with Crippen LogP contribution < -0.4 is 73.3 Å². The normalized spacial score (nSPS) is 10.4. The van der Waals surface area contributed by atoms with E-state index in [-0.39, 0.29) is 52.1 Å². The van der Waals surface area contributed by atoms with E-state index in [4.69, 9.17) is 18.9 Å². The first-order chi connectivity index (χ1) is 66.4. The lowest BCUT2D eigenvalue weighted by molar-refractivity contribution is 0.0941. The molecule has 10 N–H and O–H groups in total. The van der Waals surface area contributed by atoms with E-state index >= 15 is 0 Å². The van der Waals surface area contributed by atoms with E-state index in [2.05, 4.69) is 113 Å². The third-order valence-electron chi connectivity index (χ3n) is 21.0. The summed E-state index contributed by atoms with van der Waals surface area (Å²) in [7, 11) is 4.61. The Kier molecular flexibility index (Phi) is 34.2. The van der Waals surface area contributed by atoms with Crippen molar-refractivity contribution in [1.29, 1.82) is 0 Å². The molecule has 0 aliphatic heterocycles. The molecule has 29 heteroatoms. The summed E-state index contributed by atoms with van der Waals surface area (Å²) >= 11 is 0. The van der Waals surface area contributed by atoms with Gasteiger partial charge in [-0.3, -0.25) is 72.9 Å². The number of carbonyl (C=O) groups excluding carboxylic acids is 5. The van der Waals surface area contributed by atoms with E-state index in [0.29, 0.717) is 58.8 Å². The smallest absolute Gasteiger partial charge is 0.261 e. The molecule has 17 aromatic rings. The standard InChI is InChI=1S/C26H23N3O2.C23H17N3O3.C20H19N3O2.C19H17N3O4.C19H17N3O3/c30-25(24-17-22(18-29-26(24)31)19-11-14-27-15-12-19)28-16-13-23(20-7-3-1-4-8-20)21-9-5-2-6-10-21;27-22-21(13-17(15-25-22)16-9-11-24-12-10-16)23(28)26-18-5-4-8-20(14-18)29-19-6-2-1-3-7-19;24-19(22-10-4-7-15-5-2-1-3-6-15)18-13-17(14-23-20(18)25)16-8-11-21-12-9-16;1-25-16-4-3-14(10-17(16)26-2)22-19(24)15-9-13(11-21-18(15)23)12-5-7-20-8-6-12;1-25-17-5-3-2-4-14(17)11-21-18(23)16-10-15(12-22-19(16)24)13-6-8-20-9-7-13/h1-12,14-15,17-18,23H,13,16H2,(H,28,30)(H,29,31);1-15H,(H,25,27)(H,26,28);1-3,5-6,8-9,11-14H,4,7,10H2,(H,22,24)(H,23,25);3-11H,1-2H3,(H,21,23)(H,22,24);2-10,12H,11H2,1H3,(H,21,23)(H,22,24). The van der Waals surface area contributed by atoms with E-state index in [1.54, 1.807) is 197 Å². The summed E-state index contributed by atoms with van der Waals surface area (Å²) in [6.45, 7) is 1.24. The molecule has 0 unspecified atom stereocenters. The Morgan fingerprint density at radius 1 is 0.301 bits per heavy atom. The predicted molar refractivity (Wildman–Crippen MR) is 523 cm³/mol. The Balaban J connectivity index is 0.000000144. The molecule has 680 valence electrons. The number of benzene rings is 7. The number of aromatic amines is 5. The average molecular weight is 1810 g/mol. The van der Waals surface area contributed by atoms with Crippen molar-refractivity contribution < 1.29 is 42.9 Å². The Morgan fingerprint density at radius 3 is 1.04 bits per heavy atom. The summed E-state index contributed by atoms with van der Waals surface area (Å²) in [5.41, 5.74) is 11.7. The van der Waals surface area contributed by atoms with Crippen LogP contribution in [-0.4, -0.2) is 114 Å². The number of aryl methyl sites for hydroxylation is 1. The van der Waals surface area contributed by atoms with E-state index < -0.39 is 45.5 Å². The van der Waals surface area contributed by atoms with Crippen LogP contribution in [0, 0.1) is 0 Å². The molecule has 17 rings (SSSR count). The maximum atomic E-state index is 12.8. The first-order valence-electron chi connectivity index (χ1n) is 42.9. The minimum absolute atomic E-state index is 0.00842. The van der Waals surface area contributed by atoms with Crippen molar-refractivity contribution in [2.24, 2.45) is 0 Å². The molecule has 10 aromatic heterocycles. The van der Waals surface area contributed by atoms with Crippen LogP contribution in [0.3, 0.4) is 0 Å². The van der Waals surface area contributed by atoms with Gasteiger partial charge in [0, 0.05) is 148 Å². The van der Waals surface area contributed by atoms with Crippen LogP contribution >= 0.6 is 0 Å². The van der Waals surface area contributed by atoms with Gasteiger partial charge in [0.1, 0.15) is 45.1 Å². The summed E-state index contributed by atoms with van der Waals surface area (Å²) in [6.07, 6.45) is 26.9. The number of nitrogens with zero attached hydrogens (tertiary/aromatic N) is 5. The first-order valence-corrected chi connectivity index (χ1v) is 42.9. The van der Waals surface area contributed by atoms with Gasteiger partial charge in [0.15, 0.2) is 11.5 Å². The highest BCUT2D eigenvalue weighted by Gasteiger charge is 2.21. The maximum absolute atomic E-state index is 12.8. The number of hydrogen-bond acceptors (Lipinski definition) is 19. The van der Waals surface area contributed by atoms with Crippen molar-refractivity contribution in [3.05, 3.63) is 474 Å². The molecule has 0 saturated carbocycles. The van der Waals surface area contributed by atoms with Gasteiger partial charge in [0.05, 0.1) is 21.3 Å². The van der Waals surface area contributed by atoms with Gasteiger partial charge in [0.25, 0.3) is 57.3 Å². The maximum Gasteiger partial charge on any atom is 0.261 e. The number of para-hydroxylation sites is 2. The lowest BCUT2D eigenvalue weighted by Gasteiger charge is -2.18. The number of carbonyl (C=O) groups is 5. The molecular formula is C107H93N15O14. The van der Waals surface area contributed by atoms with Crippen molar-refractivity contribution in [2.75, 3.05) is 45.1 Å². The SMILES string of the molecule is COc1ccc(NC(=O)c2cc(-c3ccncc3)c[nH]c2=O)cc1OC.COc1ccccc1CNC(=O)c1cc(-c2ccncc2)c[nH]c1=O.O=C(NCCC(c1ccccc1)c1ccccc1)c1cc(-c2ccncc2)c[nH]c1=O.O=C(NCCCc1ccccc1)c1cc(-c2ccncc2)c[nH]c1=O.O=C(Nc1cccc(Oc2ccccc2)c1)c1cc(-c2ccncc2)c[nH]c1=O. The Bertz CT molecular complexity index is 7130. The fraction of sp³-hybridized carbons (Fsp3) is 0.0935. The van der Waals surface area contributed by atoms with Gasteiger partial charge in [-0.2, -0.15) is 0 Å². The number of aromatic nitrogens is 10. The fourth-order valence-electron chi connectivity index (χ4n) is 14.1. The fourth-order valence-corrected chi connectivity index (χ4v) is 14.1. The second kappa shape index (κ2) is 48.8. The molecule has 29 nitrogen and oxygen atoms in total. The van der Waals surface area contributed by atoms with E-state index in [1.807, 2.05) is 146 Å². The van der Waals surface area contributed by atoms with Crippen LogP contribution in [-0.2, 0) is 13.0 Å². The van der Waals surface area contributed by atoms with Gasteiger partial charge in [0.2, 0.25) is 0 Å². The summed E-state index contributed by atoms with van der Waals surface area (Å²) in [5.74, 6) is 0.934. The number of hydrogen-bond donors (Lipinski definition) is 10. The lowest BCUT2D eigenvalue weighted by Crippen LogP contribution is -2.31. The lowest BCUT2D eigenvalue weighted by atomic mass is 9.88. The topological polar surface area (TPSA) is 411 Å². The summed E-state index contributed by atoms with van der Waals surface area (Å²) in [4.78, 5) is 156. The molecule has 0 bridgehead atoms. The second-order valence-corrected chi connectivity index (χ2v) is 30.0. The first kappa shape index (κ1) is 95.2. The molecule has 0 saturated heterocycles. The highest BCUT2D eigenvalue weighted by molar-refractivity contribution is 6.06. The average Bonchev–Trinajstić information content (AvgIpc) is 0.829. The minimum Gasteiger partial charge on any atom is -0.496 e. The number of rotatable bonds is 28. The van der Waals surface area contributed by atoms with Gasteiger partial charge in [-0.15, -0.1) is 0 Å². The van der Waals surface area contributed by atoms with E-state index in [0.717, 1.165) is 74.9 Å². The summed E-state index contributed by atoms with van der Waals surface area (Å²) in [6, 6.07) is 85.3. The van der Waals surface area contributed by atoms with Crippen molar-refractivity contribution in [3.8, 4) is 84.4 Å². The molecular weight excluding hydrogens is 1720 g/mol. The summed E-state index contributed by atoms with van der Waals surface area (Å²) < 4.78 is 21.4. The quantitative estimate of drug-likeness (QED) is 0.0204. The van der Waals surface area contributed by atoms with Crippen LogP contribution in [0.2, 0.25) is 0 Å². The number of ether oxygens (including phenoxy) is 4. The van der Waals surface area contributed by atoms with Crippen molar-refractivity contribution >= 4 is 40.9 Å². The Morgan fingerprint density at radius 2 is 0.640 bits per heavy atom. The highest BCUT2D eigenvalue weighted by atomic mass is 16.5. The highest BCUT2D eigenvalue weighted by Crippen LogP contribution is 2.32. The number of pyridine rings is 10. The van der Waals surface area contributed by atoms with Crippen LogP contribution in [0.1, 0.15) is 92.8 Å². The van der Waals surface area contributed by atoms with Crippen molar-refractivity contribution in [3.63, 3.8) is 0 Å². The van der Waals surface area contributed by atoms with Crippen molar-refractivity contribution in [2.45, 2.75) is 31.7 Å². The van der Waals surface area contributed by atoms with E-state index in [9.17, 15) is 47.9 Å². The zero-order valence-electron chi connectivity index (χ0n) is 74.0. The molecule has 7 aromatic carbocycles. The number of nitrogens with one attached hydrogen (secondary N) is 10. The van der Waals surface area contributed by atoms with Gasteiger partial charge in [-0.25, -0.2) is 0 Å². The number of amides is 5. The van der Waals surface area contributed by atoms with E-state index in [1.165, 1.54) is 30.9 Å². The van der Waals surface area contributed by atoms with Crippen LogP contribution in [0.15, 0.2) is 396 Å². The van der Waals surface area contributed by atoms with Gasteiger partial charge < -0.3 is 70.5 Å². The van der Waals surface area contributed by atoms with Crippen LogP contribution in [0.5, 0.6) is 28.7 Å². The van der Waals surface area contributed by atoms with Gasteiger partial charge >= 0.3 is 0 Å². The zero-order chi connectivity index (χ0) is 95.2. The van der Waals surface area contributed by atoms with Gasteiger partial charge in [-0.1, -0.05) is 133 Å². The molecule has 0 fully saturated rings. The Hall–Kier alpha value is -18.4. The van der Waals surface area contributed by atoms with Crippen molar-refractivity contribution in [1.82, 2.24) is 65.8 Å². The number of anilines is 2. The molecule has 0 aliphatic carbocycles. The largest absolute Gasteiger partial charge is 0.496 e. The predicted octanol–water partition coefficient (Wildman–Crippen LogP) is 16.8. The summed E-state index contributed by atoms with van der Waals surface area (Å²) in [5, 5.41) is 13.9. The number of H-pyrrole nitrogens is 5. The van der Waals surface area contributed by atoms with Gasteiger partial charge in [-0.05, 0) is 225 Å². The Labute approximate surface area is 780 Å². The third kappa shape index (κ3) is 27.1. The molecule has 136 heavy (non-hydrogen) atoms. The second-order valence-electron chi connectivity index (χ2n) is 30.0. The van der Waals surface area contributed by atoms with Crippen LogP contribution in [0.4, 0.5) is 11.4 Å². The number of methoxy groups -OCH3 is 3.